The molecule has 2 heterocycles. The lowest BCUT2D eigenvalue weighted by atomic mass is 10.0. The normalized spacial score (nSPS) is 11.0. The molecule has 0 bridgehead atoms. The van der Waals surface area contributed by atoms with Crippen LogP contribution in [0.4, 0.5) is 0 Å². The molecule has 0 fully saturated rings. The molecule has 0 radical (unpaired) electrons. The number of hydrogen-bond acceptors (Lipinski definition) is 3. The summed E-state index contributed by atoms with van der Waals surface area (Å²) in [6.45, 7) is 4.32. The van der Waals surface area contributed by atoms with Crippen molar-refractivity contribution in [2.45, 2.75) is 19.8 Å². The predicted molar refractivity (Wildman–Crippen MR) is 51.4 cm³/mol. The van der Waals surface area contributed by atoms with Gasteiger partial charge in [-0.05, 0) is 17.5 Å². The van der Waals surface area contributed by atoms with Gasteiger partial charge in [0.25, 0.3) is 0 Å². The van der Waals surface area contributed by atoms with E-state index in [4.69, 9.17) is 0 Å². The number of hydrogen-bond donors (Lipinski definition) is 0. The number of aromatic nitrogens is 3. The Labute approximate surface area is 76.8 Å². The van der Waals surface area contributed by atoms with Gasteiger partial charge in [0.2, 0.25) is 0 Å². The lowest BCUT2D eigenvalue weighted by Gasteiger charge is -2.07. The van der Waals surface area contributed by atoms with Crippen LogP contribution in [-0.2, 0) is 0 Å². The number of pyridine rings is 1. The fraction of sp³-hybridized carbons (Fsp3) is 0.300. The van der Waals surface area contributed by atoms with Crippen LogP contribution in [0.1, 0.15) is 25.3 Å². The Morgan fingerprint density at radius 2 is 1.92 bits per heavy atom. The van der Waals surface area contributed by atoms with Crippen molar-refractivity contribution in [3.63, 3.8) is 0 Å². The Bertz CT molecular complexity index is 418. The van der Waals surface area contributed by atoms with Crippen molar-refractivity contribution in [2.75, 3.05) is 0 Å². The second-order valence-electron chi connectivity index (χ2n) is 3.34. The Hall–Kier alpha value is -1.51. The smallest absolute Gasteiger partial charge is 0.0922 e. The monoisotopic (exact) mass is 173 g/mol. The lowest BCUT2D eigenvalue weighted by molar-refractivity contribution is 0.871. The van der Waals surface area contributed by atoms with Crippen LogP contribution in [0.3, 0.4) is 0 Å². The zero-order valence-electron chi connectivity index (χ0n) is 7.73. The van der Waals surface area contributed by atoms with Crippen LogP contribution >= 0.6 is 0 Å². The molecule has 0 aliphatic heterocycles. The number of rotatable bonds is 1. The van der Waals surface area contributed by atoms with E-state index in [1.54, 1.807) is 12.4 Å². The molecule has 0 atom stereocenters. The van der Waals surface area contributed by atoms with Gasteiger partial charge < -0.3 is 0 Å². The van der Waals surface area contributed by atoms with E-state index in [1.165, 1.54) is 5.56 Å². The summed E-state index contributed by atoms with van der Waals surface area (Å²) in [5, 5.41) is 8.77. The van der Waals surface area contributed by atoms with E-state index in [2.05, 4.69) is 29.0 Å². The summed E-state index contributed by atoms with van der Waals surface area (Å²) < 4.78 is 0. The maximum absolute atomic E-state index is 4.22. The van der Waals surface area contributed by atoms with Gasteiger partial charge in [0.05, 0.1) is 17.9 Å². The zero-order valence-corrected chi connectivity index (χ0v) is 7.73. The molecule has 0 saturated heterocycles. The van der Waals surface area contributed by atoms with E-state index < -0.39 is 0 Å². The molecule has 0 aliphatic rings. The summed E-state index contributed by atoms with van der Waals surface area (Å²) in [4.78, 5) is 4.22. The van der Waals surface area contributed by atoms with Crippen LogP contribution in [0.25, 0.3) is 10.9 Å². The van der Waals surface area contributed by atoms with Crippen molar-refractivity contribution in [1.29, 1.82) is 0 Å². The molecule has 2 aromatic rings. The highest BCUT2D eigenvalue weighted by Gasteiger charge is 2.04. The first-order valence-corrected chi connectivity index (χ1v) is 4.34. The van der Waals surface area contributed by atoms with Gasteiger partial charge in [-0.2, -0.15) is 10.2 Å². The molecule has 2 rings (SSSR count). The van der Waals surface area contributed by atoms with Crippen molar-refractivity contribution in [3.8, 4) is 0 Å². The van der Waals surface area contributed by atoms with Crippen molar-refractivity contribution in [3.05, 3.63) is 30.2 Å². The van der Waals surface area contributed by atoms with E-state index >= 15 is 0 Å². The van der Waals surface area contributed by atoms with E-state index in [0.29, 0.717) is 5.92 Å². The summed E-state index contributed by atoms with van der Waals surface area (Å²) in [6, 6.07) is 2.04. The molecular weight excluding hydrogens is 162 g/mol. The molecule has 0 unspecified atom stereocenters. The average Bonchev–Trinajstić information content (AvgIpc) is 2.17. The zero-order chi connectivity index (χ0) is 9.26. The van der Waals surface area contributed by atoms with Gasteiger partial charge in [0.15, 0.2) is 0 Å². The fourth-order valence-electron chi connectivity index (χ4n) is 1.43. The molecule has 0 aromatic carbocycles. The first-order valence-electron chi connectivity index (χ1n) is 4.34. The van der Waals surface area contributed by atoms with Gasteiger partial charge in [-0.1, -0.05) is 13.8 Å². The molecule has 0 N–H and O–H groups in total. The van der Waals surface area contributed by atoms with E-state index in [-0.39, 0.29) is 0 Å². The third kappa shape index (κ3) is 1.37. The third-order valence-corrected chi connectivity index (χ3v) is 2.11. The maximum atomic E-state index is 4.22. The molecule has 0 spiro atoms. The Morgan fingerprint density at radius 1 is 1.15 bits per heavy atom. The molecular formula is C10H11N3. The molecule has 0 aliphatic carbocycles. The number of nitrogens with zero attached hydrogens (tertiary/aromatic N) is 3. The maximum Gasteiger partial charge on any atom is 0.0922 e. The van der Waals surface area contributed by atoms with Gasteiger partial charge in [0.1, 0.15) is 0 Å². The fourth-order valence-corrected chi connectivity index (χ4v) is 1.43. The van der Waals surface area contributed by atoms with Gasteiger partial charge in [0, 0.05) is 11.6 Å². The average molecular weight is 173 g/mol. The predicted octanol–water partition coefficient (Wildman–Crippen LogP) is 2.15. The summed E-state index contributed by atoms with van der Waals surface area (Å²) in [5.41, 5.74) is 2.20. The van der Waals surface area contributed by atoms with Gasteiger partial charge in [-0.15, -0.1) is 0 Å². The molecule has 13 heavy (non-hydrogen) atoms. The SMILES string of the molecule is CC(C)c1ccnc2cnncc12. The first kappa shape index (κ1) is 8.10. The molecule has 0 amide bonds. The minimum absolute atomic E-state index is 0.495. The van der Waals surface area contributed by atoms with E-state index in [0.717, 1.165) is 10.9 Å². The Kier molecular flexibility index (Phi) is 1.93. The van der Waals surface area contributed by atoms with Crippen molar-refractivity contribution < 1.29 is 0 Å². The highest BCUT2D eigenvalue weighted by atomic mass is 15.1. The topological polar surface area (TPSA) is 38.7 Å². The second kappa shape index (κ2) is 3.09. The van der Waals surface area contributed by atoms with Gasteiger partial charge >= 0.3 is 0 Å². The summed E-state index contributed by atoms with van der Waals surface area (Å²) in [7, 11) is 0. The third-order valence-electron chi connectivity index (χ3n) is 2.11. The van der Waals surface area contributed by atoms with Crippen LogP contribution in [0, 0.1) is 0 Å². The Morgan fingerprint density at radius 3 is 2.69 bits per heavy atom. The molecule has 66 valence electrons. The van der Waals surface area contributed by atoms with Crippen LogP contribution in [0.15, 0.2) is 24.7 Å². The second-order valence-corrected chi connectivity index (χ2v) is 3.34. The van der Waals surface area contributed by atoms with E-state index in [1.807, 2.05) is 12.3 Å². The lowest BCUT2D eigenvalue weighted by Crippen LogP contribution is -1.92. The molecule has 3 heteroatoms. The minimum atomic E-state index is 0.495. The minimum Gasteiger partial charge on any atom is -0.254 e. The highest BCUT2D eigenvalue weighted by molar-refractivity contribution is 5.80. The Balaban J connectivity index is 2.76. The van der Waals surface area contributed by atoms with Gasteiger partial charge in [-0.25, -0.2) is 0 Å². The molecule has 2 aromatic heterocycles. The van der Waals surface area contributed by atoms with Gasteiger partial charge in [-0.3, -0.25) is 4.98 Å². The summed E-state index contributed by atoms with van der Waals surface area (Å²) >= 11 is 0. The standard InChI is InChI=1S/C10H11N3/c1-7(2)8-3-4-11-10-6-13-12-5-9(8)10/h3-7H,1-2H3. The largest absolute Gasteiger partial charge is 0.254 e. The van der Waals surface area contributed by atoms with Crippen LogP contribution in [0.5, 0.6) is 0 Å². The van der Waals surface area contributed by atoms with Crippen molar-refractivity contribution >= 4 is 10.9 Å². The highest BCUT2D eigenvalue weighted by Crippen LogP contribution is 2.21. The van der Waals surface area contributed by atoms with E-state index in [9.17, 15) is 0 Å². The van der Waals surface area contributed by atoms with Crippen molar-refractivity contribution in [1.82, 2.24) is 15.2 Å². The molecule has 0 saturated carbocycles. The summed E-state index contributed by atoms with van der Waals surface area (Å²) in [6.07, 6.45) is 5.29. The molecule has 3 nitrogen and oxygen atoms in total. The first-order chi connectivity index (χ1) is 6.29. The summed E-state index contributed by atoms with van der Waals surface area (Å²) in [5.74, 6) is 0.495. The quantitative estimate of drug-likeness (QED) is 0.663. The van der Waals surface area contributed by atoms with Crippen molar-refractivity contribution in [2.24, 2.45) is 0 Å². The number of fused-ring (bicyclic) bond motifs is 1. The van der Waals surface area contributed by atoms with Crippen LogP contribution in [0.2, 0.25) is 0 Å². The van der Waals surface area contributed by atoms with Crippen LogP contribution in [-0.4, -0.2) is 15.2 Å². The van der Waals surface area contributed by atoms with Crippen LogP contribution < -0.4 is 0 Å².